The number of carbonyl (C=O) groups is 1. The summed E-state index contributed by atoms with van der Waals surface area (Å²) < 4.78 is 1.86. The molecule has 0 aliphatic heterocycles. The smallest absolute Gasteiger partial charge is 0.150 e. The van der Waals surface area contributed by atoms with Crippen LogP contribution in [0.4, 0.5) is 0 Å². The van der Waals surface area contributed by atoms with E-state index in [0.29, 0.717) is 5.56 Å². The quantitative estimate of drug-likeness (QED) is 0.625. The molecule has 0 radical (unpaired) electrons. The molecule has 1 aromatic heterocycles. The van der Waals surface area contributed by atoms with Gasteiger partial charge in [-0.2, -0.15) is 5.10 Å². The van der Waals surface area contributed by atoms with Gasteiger partial charge in [0.05, 0.1) is 17.4 Å². The van der Waals surface area contributed by atoms with E-state index >= 15 is 0 Å². The molecule has 1 heterocycles. The second-order valence-corrected chi connectivity index (χ2v) is 3.82. The van der Waals surface area contributed by atoms with Crippen molar-refractivity contribution in [1.29, 1.82) is 0 Å². The van der Waals surface area contributed by atoms with Gasteiger partial charge in [-0.25, -0.2) is 4.68 Å². The van der Waals surface area contributed by atoms with Crippen LogP contribution in [0.2, 0.25) is 0 Å². The maximum Gasteiger partial charge on any atom is 0.150 e. The van der Waals surface area contributed by atoms with Gasteiger partial charge in [-0.3, -0.25) is 4.79 Å². The van der Waals surface area contributed by atoms with Gasteiger partial charge in [0.25, 0.3) is 0 Å². The number of carbonyl (C=O) groups excluding carboxylic acids is 1. The van der Waals surface area contributed by atoms with Crippen LogP contribution < -0.4 is 0 Å². The third-order valence-corrected chi connectivity index (χ3v) is 2.75. The fourth-order valence-corrected chi connectivity index (χ4v) is 1.87. The zero-order chi connectivity index (χ0) is 11.7. The topological polar surface area (TPSA) is 34.9 Å². The van der Waals surface area contributed by atoms with Crippen LogP contribution in [0.25, 0.3) is 16.6 Å². The van der Waals surface area contributed by atoms with Gasteiger partial charge in [-0.1, -0.05) is 18.2 Å². The van der Waals surface area contributed by atoms with E-state index in [1.165, 1.54) is 0 Å². The first-order valence-electron chi connectivity index (χ1n) is 5.37. The Hall–Kier alpha value is -2.42. The molecule has 0 N–H and O–H groups in total. The third kappa shape index (κ3) is 1.61. The molecule has 3 aromatic rings. The van der Waals surface area contributed by atoms with Crippen molar-refractivity contribution in [2.45, 2.75) is 0 Å². The monoisotopic (exact) mass is 222 g/mol. The number of rotatable bonds is 2. The largest absolute Gasteiger partial charge is 0.298 e. The van der Waals surface area contributed by atoms with Gasteiger partial charge in [0.1, 0.15) is 6.29 Å². The van der Waals surface area contributed by atoms with Crippen molar-refractivity contribution in [3.8, 4) is 5.69 Å². The highest BCUT2D eigenvalue weighted by Gasteiger charge is 2.03. The molecule has 17 heavy (non-hydrogen) atoms. The molecule has 0 aliphatic carbocycles. The maximum absolute atomic E-state index is 10.6. The lowest BCUT2D eigenvalue weighted by molar-refractivity contribution is 0.112. The number of hydrogen-bond donors (Lipinski definition) is 0. The van der Waals surface area contributed by atoms with Crippen LogP contribution in [0.15, 0.2) is 54.7 Å². The number of hydrogen-bond acceptors (Lipinski definition) is 2. The van der Waals surface area contributed by atoms with Crippen LogP contribution >= 0.6 is 0 Å². The summed E-state index contributed by atoms with van der Waals surface area (Å²) >= 11 is 0. The highest BCUT2D eigenvalue weighted by molar-refractivity contribution is 5.80. The van der Waals surface area contributed by atoms with E-state index < -0.39 is 0 Å². The molecule has 0 fully saturated rings. The summed E-state index contributed by atoms with van der Waals surface area (Å²) in [7, 11) is 0. The minimum absolute atomic E-state index is 0.671. The Kier molecular flexibility index (Phi) is 2.22. The summed E-state index contributed by atoms with van der Waals surface area (Å²) in [5.74, 6) is 0. The van der Waals surface area contributed by atoms with Crippen LogP contribution in [0.3, 0.4) is 0 Å². The lowest BCUT2D eigenvalue weighted by Gasteiger charge is -2.03. The van der Waals surface area contributed by atoms with Crippen molar-refractivity contribution in [3.05, 3.63) is 60.3 Å². The fourth-order valence-electron chi connectivity index (χ4n) is 1.87. The first kappa shape index (κ1) is 9.78. The molecule has 0 atom stereocenters. The standard InChI is InChI=1S/C14H10N2O/c17-10-11-5-7-13(8-6-11)16-14-4-2-1-3-12(14)9-15-16/h1-10H. The first-order valence-corrected chi connectivity index (χ1v) is 5.37. The average Bonchev–Trinajstić information content (AvgIpc) is 2.83. The van der Waals surface area contributed by atoms with Gasteiger partial charge < -0.3 is 0 Å². The molecule has 0 unspecified atom stereocenters. The molecule has 0 saturated carbocycles. The Morgan fingerprint density at radius 2 is 1.76 bits per heavy atom. The van der Waals surface area contributed by atoms with E-state index in [2.05, 4.69) is 5.10 Å². The van der Waals surface area contributed by atoms with Gasteiger partial charge in [0, 0.05) is 10.9 Å². The number of fused-ring (bicyclic) bond motifs is 1. The highest BCUT2D eigenvalue weighted by atomic mass is 16.1. The van der Waals surface area contributed by atoms with E-state index in [9.17, 15) is 4.79 Å². The Balaban J connectivity index is 2.16. The van der Waals surface area contributed by atoms with Crippen molar-refractivity contribution in [2.75, 3.05) is 0 Å². The van der Waals surface area contributed by atoms with Crippen LogP contribution in [-0.4, -0.2) is 16.1 Å². The Labute approximate surface area is 98.3 Å². The molecule has 3 nitrogen and oxygen atoms in total. The minimum atomic E-state index is 0.671. The van der Waals surface area contributed by atoms with E-state index in [1.807, 2.05) is 47.3 Å². The Morgan fingerprint density at radius 1 is 1.00 bits per heavy atom. The zero-order valence-electron chi connectivity index (χ0n) is 9.08. The molecular weight excluding hydrogens is 212 g/mol. The third-order valence-electron chi connectivity index (χ3n) is 2.75. The van der Waals surface area contributed by atoms with Gasteiger partial charge in [-0.15, -0.1) is 0 Å². The van der Waals surface area contributed by atoms with Crippen molar-refractivity contribution >= 4 is 17.2 Å². The summed E-state index contributed by atoms with van der Waals surface area (Å²) in [6, 6.07) is 15.4. The number of benzene rings is 2. The second kappa shape index (κ2) is 3.87. The number of nitrogens with zero attached hydrogens (tertiary/aromatic N) is 2. The summed E-state index contributed by atoms with van der Waals surface area (Å²) in [6.07, 6.45) is 2.67. The lowest BCUT2D eigenvalue weighted by atomic mass is 10.2. The van der Waals surface area contributed by atoms with Crippen LogP contribution in [0.1, 0.15) is 10.4 Å². The van der Waals surface area contributed by atoms with E-state index in [1.54, 1.807) is 12.1 Å². The lowest BCUT2D eigenvalue weighted by Crippen LogP contribution is -1.95. The zero-order valence-corrected chi connectivity index (χ0v) is 9.08. The van der Waals surface area contributed by atoms with Gasteiger partial charge in [0.2, 0.25) is 0 Å². The highest BCUT2D eigenvalue weighted by Crippen LogP contribution is 2.17. The summed E-state index contributed by atoms with van der Waals surface area (Å²) in [4.78, 5) is 10.6. The second-order valence-electron chi connectivity index (χ2n) is 3.82. The normalized spacial score (nSPS) is 10.6. The molecule has 0 amide bonds. The number of para-hydroxylation sites is 1. The minimum Gasteiger partial charge on any atom is -0.298 e. The van der Waals surface area contributed by atoms with Crippen molar-refractivity contribution in [1.82, 2.24) is 9.78 Å². The molecule has 3 rings (SSSR count). The predicted octanol–water partition coefficient (Wildman–Crippen LogP) is 2.84. The van der Waals surface area contributed by atoms with Crippen LogP contribution in [0, 0.1) is 0 Å². The van der Waals surface area contributed by atoms with Crippen LogP contribution in [-0.2, 0) is 0 Å². The molecule has 0 aliphatic rings. The van der Waals surface area contributed by atoms with Crippen molar-refractivity contribution in [2.24, 2.45) is 0 Å². The maximum atomic E-state index is 10.6. The molecule has 0 bridgehead atoms. The van der Waals surface area contributed by atoms with Gasteiger partial charge in [0.15, 0.2) is 0 Å². The van der Waals surface area contributed by atoms with Gasteiger partial charge in [-0.05, 0) is 30.3 Å². The van der Waals surface area contributed by atoms with E-state index in [0.717, 1.165) is 22.9 Å². The SMILES string of the molecule is O=Cc1ccc(-n2ncc3ccccc32)cc1. The predicted molar refractivity (Wildman–Crippen MR) is 66.5 cm³/mol. The first-order chi connectivity index (χ1) is 8.38. The number of aromatic nitrogens is 2. The molecule has 2 aromatic carbocycles. The van der Waals surface area contributed by atoms with Gasteiger partial charge >= 0.3 is 0 Å². The molecule has 3 heteroatoms. The molecule has 82 valence electrons. The van der Waals surface area contributed by atoms with Crippen molar-refractivity contribution < 1.29 is 4.79 Å². The fraction of sp³-hybridized carbons (Fsp3) is 0. The van der Waals surface area contributed by atoms with Crippen molar-refractivity contribution in [3.63, 3.8) is 0 Å². The molecular formula is C14H10N2O. The Morgan fingerprint density at radius 3 is 2.53 bits per heavy atom. The summed E-state index contributed by atoms with van der Waals surface area (Å²) in [5.41, 5.74) is 2.69. The summed E-state index contributed by atoms with van der Waals surface area (Å²) in [6.45, 7) is 0. The van der Waals surface area contributed by atoms with Crippen LogP contribution in [0.5, 0.6) is 0 Å². The average molecular weight is 222 g/mol. The Bertz CT molecular complexity index is 668. The number of aldehydes is 1. The van der Waals surface area contributed by atoms with E-state index in [4.69, 9.17) is 0 Å². The van der Waals surface area contributed by atoms with E-state index in [-0.39, 0.29) is 0 Å². The summed E-state index contributed by atoms with van der Waals surface area (Å²) in [5, 5.41) is 5.45. The molecule has 0 spiro atoms. The molecule has 0 saturated heterocycles.